The number of hydrogen-bond donors (Lipinski definition) is 1. The summed E-state index contributed by atoms with van der Waals surface area (Å²) >= 11 is 0. The van der Waals surface area contributed by atoms with E-state index in [-0.39, 0.29) is 17.2 Å². The van der Waals surface area contributed by atoms with Crippen molar-refractivity contribution in [3.63, 3.8) is 0 Å². The molecular formula is C20H19N3O3S. The van der Waals surface area contributed by atoms with Gasteiger partial charge >= 0.3 is 0 Å². The Morgan fingerprint density at radius 1 is 1.11 bits per heavy atom. The van der Waals surface area contributed by atoms with Crippen LogP contribution in [0.2, 0.25) is 0 Å². The zero-order valence-corrected chi connectivity index (χ0v) is 15.7. The van der Waals surface area contributed by atoms with E-state index in [9.17, 15) is 13.2 Å². The molecule has 0 fully saturated rings. The normalized spacial score (nSPS) is 17.4. The maximum absolute atomic E-state index is 13.2. The van der Waals surface area contributed by atoms with E-state index in [2.05, 4.69) is 4.98 Å². The lowest BCUT2D eigenvalue weighted by Crippen LogP contribution is -2.35. The molecule has 0 spiro atoms. The van der Waals surface area contributed by atoms with Crippen LogP contribution < -0.4 is 4.90 Å². The van der Waals surface area contributed by atoms with Crippen molar-refractivity contribution in [3.8, 4) is 0 Å². The Morgan fingerprint density at radius 2 is 1.93 bits per heavy atom. The van der Waals surface area contributed by atoms with E-state index in [0.29, 0.717) is 19.5 Å². The second-order valence-electron chi connectivity index (χ2n) is 7.14. The maximum Gasteiger partial charge on any atom is 0.243 e. The van der Waals surface area contributed by atoms with Crippen LogP contribution in [0.1, 0.15) is 16.8 Å². The molecule has 2 aromatic carbocycles. The molecule has 0 bridgehead atoms. The van der Waals surface area contributed by atoms with Crippen LogP contribution in [0.5, 0.6) is 0 Å². The average molecular weight is 381 g/mol. The monoisotopic (exact) mass is 381 g/mol. The van der Waals surface area contributed by atoms with Gasteiger partial charge in [-0.1, -0.05) is 18.2 Å². The van der Waals surface area contributed by atoms with E-state index in [4.69, 9.17) is 0 Å². The first-order valence-electron chi connectivity index (χ1n) is 8.93. The molecule has 0 saturated carbocycles. The number of aromatic amines is 1. The largest absolute Gasteiger partial charge is 0.358 e. The molecule has 0 radical (unpaired) electrons. The summed E-state index contributed by atoms with van der Waals surface area (Å²) < 4.78 is 28.0. The van der Waals surface area contributed by atoms with Crippen LogP contribution in [0, 0.1) is 0 Å². The SMILES string of the molecule is CN1C(=O)Cc2cc(S(=O)(=O)N3CCc4[nH]c5ccccc5c4C3)ccc21. The van der Waals surface area contributed by atoms with Gasteiger partial charge < -0.3 is 9.88 Å². The standard InChI is InChI=1S/C20H19N3O3S/c1-22-19-7-6-14(10-13(19)11-20(22)24)27(25,26)23-9-8-18-16(12-23)15-4-2-3-5-17(15)21-18/h2-7,10,21H,8-9,11-12H2,1H3. The van der Waals surface area contributed by atoms with Crippen molar-refractivity contribution in [1.29, 1.82) is 0 Å². The third kappa shape index (κ3) is 2.42. The quantitative estimate of drug-likeness (QED) is 0.741. The number of likely N-dealkylation sites (N-methyl/N-ethyl adjacent to an activating group) is 1. The molecule has 7 heteroatoms. The number of nitrogens with one attached hydrogen (secondary N) is 1. The molecule has 27 heavy (non-hydrogen) atoms. The predicted octanol–water partition coefficient (Wildman–Crippen LogP) is 2.43. The molecule has 138 valence electrons. The zero-order chi connectivity index (χ0) is 18.8. The number of fused-ring (bicyclic) bond motifs is 4. The third-order valence-electron chi connectivity index (χ3n) is 5.61. The lowest BCUT2D eigenvalue weighted by molar-refractivity contribution is -0.117. The second kappa shape index (κ2) is 5.68. The Hall–Kier alpha value is -2.64. The van der Waals surface area contributed by atoms with Crippen LogP contribution in [0.25, 0.3) is 10.9 Å². The van der Waals surface area contributed by atoms with Crippen molar-refractivity contribution < 1.29 is 13.2 Å². The van der Waals surface area contributed by atoms with Gasteiger partial charge in [-0.2, -0.15) is 4.31 Å². The van der Waals surface area contributed by atoms with Crippen LogP contribution in [0.4, 0.5) is 5.69 Å². The van der Waals surface area contributed by atoms with Crippen molar-refractivity contribution in [2.45, 2.75) is 24.3 Å². The minimum absolute atomic E-state index is 0.0130. The molecule has 0 unspecified atom stereocenters. The molecule has 0 atom stereocenters. The van der Waals surface area contributed by atoms with Gasteiger partial charge in [0.05, 0.1) is 11.3 Å². The van der Waals surface area contributed by atoms with Crippen molar-refractivity contribution in [2.75, 3.05) is 18.5 Å². The molecule has 1 N–H and O–H groups in total. The summed E-state index contributed by atoms with van der Waals surface area (Å²) in [5, 5.41) is 1.08. The van der Waals surface area contributed by atoms with Gasteiger partial charge in [0.2, 0.25) is 15.9 Å². The molecule has 0 aliphatic carbocycles. The lowest BCUT2D eigenvalue weighted by Gasteiger charge is -2.26. The van der Waals surface area contributed by atoms with Gasteiger partial charge in [0.15, 0.2) is 0 Å². The van der Waals surface area contributed by atoms with E-state index in [1.54, 1.807) is 30.1 Å². The first-order chi connectivity index (χ1) is 12.9. The van der Waals surface area contributed by atoms with Crippen molar-refractivity contribution >= 4 is 32.5 Å². The fourth-order valence-electron chi connectivity index (χ4n) is 4.10. The third-order valence-corrected chi connectivity index (χ3v) is 7.45. The van der Waals surface area contributed by atoms with Gasteiger partial charge in [-0.25, -0.2) is 8.42 Å². The Labute approximate surface area is 157 Å². The van der Waals surface area contributed by atoms with Crippen molar-refractivity contribution in [2.24, 2.45) is 0 Å². The predicted molar refractivity (Wildman–Crippen MR) is 103 cm³/mol. The van der Waals surface area contributed by atoms with E-state index in [1.807, 2.05) is 24.3 Å². The molecule has 3 aromatic rings. The molecular weight excluding hydrogens is 362 g/mol. The van der Waals surface area contributed by atoms with Gasteiger partial charge in [-0.3, -0.25) is 4.79 Å². The van der Waals surface area contributed by atoms with Gasteiger partial charge in [-0.15, -0.1) is 0 Å². The number of para-hydroxylation sites is 1. The summed E-state index contributed by atoms with van der Waals surface area (Å²) in [6.45, 7) is 0.801. The molecule has 1 aromatic heterocycles. The van der Waals surface area contributed by atoms with Crippen molar-refractivity contribution in [3.05, 3.63) is 59.3 Å². The first kappa shape index (κ1) is 16.5. The molecule has 1 amide bonds. The minimum atomic E-state index is -3.62. The molecule has 0 saturated heterocycles. The highest BCUT2D eigenvalue weighted by molar-refractivity contribution is 7.89. The average Bonchev–Trinajstić information content (AvgIpc) is 3.18. The zero-order valence-electron chi connectivity index (χ0n) is 14.9. The van der Waals surface area contributed by atoms with E-state index < -0.39 is 10.0 Å². The van der Waals surface area contributed by atoms with Crippen LogP contribution in [0.15, 0.2) is 47.4 Å². The number of hydrogen-bond acceptors (Lipinski definition) is 3. The summed E-state index contributed by atoms with van der Waals surface area (Å²) in [6.07, 6.45) is 0.914. The van der Waals surface area contributed by atoms with Gasteiger partial charge in [-0.05, 0) is 35.4 Å². The van der Waals surface area contributed by atoms with E-state index >= 15 is 0 Å². The van der Waals surface area contributed by atoms with Gasteiger partial charge in [0, 0.05) is 48.8 Å². The smallest absolute Gasteiger partial charge is 0.243 e. The topological polar surface area (TPSA) is 73.5 Å². The fourth-order valence-corrected chi connectivity index (χ4v) is 5.56. The molecule has 5 rings (SSSR count). The number of aromatic nitrogens is 1. The maximum atomic E-state index is 13.2. The molecule has 3 heterocycles. The number of sulfonamides is 1. The van der Waals surface area contributed by atoms with Gasteiger partial charge in [0.1, 0.15) is 0 Å². The Balaban J connectivity index is 1.52. The van der Waals surface area contributed by atoms with E-state index in [0.717, 1.165) is 33.4 Å². The molecule has 6 nitrogen and oxygen atoms in total. The summed E-state index contributed by atoms with van der Waals surface area (Å²) in [4.78, 5) is 17.1. The molecule has 2 aliphatic rings. The second-order valence-corrected chi connectivity index (χ2v) is 9.07. The number of H-pyrrole nitrogens is 1. The number of rotatable bonds is 2. The summed E-state index contributed by atoms with van der Waals surface area (Å²) in [5.74, 6) is -0.0130. The van der Waals surface area contributed by atoms with Crippen LogP contribution in [-0.2, 0) is 34.2 Å². The number of nitrogens with zero attached hydrogens (tertiary/aromatic N) is 2. The number of anilines is 1. The lowest BCUT2D eigenvalue weighted by atomic mass is 10.1. The Morgan fingerprint density at radius 3 is 2.78 bits per heavy atom. The molecule has 2 aliphatic heterocycles. The highest BCUT2D eigenvalue weighted by Crippen LogP contribution is 2.33. The summed E-state index contributed by atoms with van der Waals surface area (Å²) in [7, 11) is -1.90. The summed E-state index contributed by atoms with van der Waals surface area (Å²) in [6, 6.07) is 13.0. The van der Waals surface area contributed by atoms with Crippen LogP contribution in [0.3, 0.4) is 0 Å². The van der Waals surface area contributed by atoms with E-state index in [1.165, 1.54) is 4.31 Å². The Bertz CT molecular complexity index is 1200. The number of benzene rings is 2. The van der Waals surface area contributed by atoms with Crippen LogP contribution >= 0.6 is 0 Å². The fraction of sp³-hybridized carbons (Fsp3) is 0.250. The number of amides is 1. The highest BCUT2D eigenvalue weighted by atomic mass is 32.2. The number of carbonyl (C=O) groups is 1. The van der Waals surface area contributed by atoms with Crippen molar-refractivity contribution in [1.82, 2.24) is 9.29 Å². The Kier molecular flexibility index (Phi) is 3.47. The van der Waals surface area contributed by atoms with Gasteiger partial charge in [0.25, 0.3) is 0 Å². The summed E-state index contributed by atoms with van der Waals surface area (Å²) in [5.41, 5.74) is 4.77. The first-order valence-corrected chi connectivity index (χ1v) is 10.4. The van der Waals surface area contributed by atoms with Crippen LogP contribution in [-0.4, -0.2) is 37.2 Å². The number of carbonyl (C=O) groups excluding carboxylic acids is 1. The highest BCUT2D eigenvalue weighted by Gasteiger charge is 2.32. The minimum Gasteiger partial charge on any atom is -0.358 e.